The van der Waals surface area contributed by atoms with Gasteiger partial charge in [-0.3, -0.25) is 10.00 Å². The van der Waals surface area contributed by atoms with Gasteiger partial charge in [0.1, 0.15) is 40.8 Å². The molecule has 3 aromatic heterocycles. The lowest BCUT2D eigenvalue weighted by atomic mass is 9.95. The van der Waals surface area contributed by atoms with E-state index < -0.39 is 23.1 Å². The first-order valence-electron chi connectivity index (χ1n) is 14.7. The number of halogens is 3. The molecule has 3 aliphatic rings. The molecule has 1 aromatic carbocycles. The third-order valence-corrected chi connectivity index (χ3v) is 9.46. The van der Waals surface area contributed by atoms with E-state index in [-0.39, 0.29) is 54.1 Å². The zero-order valence-electron chi connectivity index (χ0n) is 24.8. The van der Waals surface area contributed by atoms with Crippen LogP contribution in [-0.2, 0) is 4.74 Å². The van der Waals surface area contributed by atoms with Crippen molar-refractivity contribution in [1.82, 2.24) is 30.0 Å². The lowest BCUT2D eigenvalue weighted by molar-refractivity contribution is -0.0123. The van der Waals surface area contributed by atoms with Crippen LogP contribution in [0.4, 0.5) is 14.6 Å². The van der Waals surface area contributed by atoms with Gasteiger partial charge in [-0.25, -0.2) is 13.8 Å². The second kappa shape index (κ2) is 10.9. The van der Waals surface area contributed by atoms with E-state index in [1.807, 2.05) is 0 Å². The molecule has 14 heteroatoms. The molecule has 3 atom stereocenters. The average molecular weight is 630 g/mol. The number of nitrogens with one attached hydrogen (secondary N) is 1. The number of ether oxygens (including phenoxy) is 3. The van der Waals surface area contributed by atoms with Crippen molar-refractivity contribution in [3.05, 3.63) is 28.7 Å². The quantitative estimate of drug-likeness (QED) is 0.321. The summed E-state index contributed by atoms with van der Waals surface area (Å²) in [6.45, 7) is 5.74. The third-order valence-electron chi connectivity index (χ3n) is 9.07. The zero-order chi connectivity index (χ0) is 30.8. The van der Waals surface area contributed by atoms with E-state index in [1.165, 1.54) is 7.11 Å². The van der Waals surface area contributed by atoms with Crippen molar-refractivity contribution in [2.45, 2.75) is 50.4 Å². The van der Waals surface area contributed by atoms with Gasteiger partial charge >= 0.3 is 6.01 Å². The number of pyridine rings is 1. The van der Waals surface area contributed by atoms with Gasteiger partial charge in [0.15, 0.2) is 5.82 Å². The van der Waals surface area contributed by atoms with Gasteiger partial charge in [0.2, 0.25) is 5.88 Å². The van der Waals surface area contributed by atoms with Gasteiger partial charge in [-0.05, 0) is 44.9 Å². The number of anilines is 1. The summed E-state index contributed by atoms with van der Waals surface area (Å²) in [5.74, 6) is -0.335. The largest absolute Gasteiger partial charge is 0.480 e. The summed E-state index contributed by atoms with van der Waals surface area (Å²) in [7, 11) is 1.44. The molecule has 44 heavy (non-hydrogen) atoms. The fourth-order valence-electron chi connectivity index (χ4n) is 7.01. The maximum absolute atomic E-state index is 16.9. The van der Waals surface area contributed by atoms with Crippen LogP contribution in [0.3, 0.4) is 0 Å². The van der Waals surface area contributed by atoms with E-state index in [1.54, 1.807) is 31.0 Å². The number of aliphatic hydroxyl groups is 1. The Labute approximate surface area is 257 Å². The van der Waals surface area contributed by atoms with Gasteiger partial charge in [-0.1, -0.05) is 11.6 Å². The monoisotopic (exact) mass is 629 g/mol. The van der Waals surface area contributed by atoms with Gasteiger partial charge < -0.3 is 24.2 Å². The predicted molar refractivity (Wildman–Crippen MR) is 161 cm³/mol. The van der Waals surface area contributed by atoms with E-state index in [4.69, 9.17) is 30.8 Å². The SMILES string of the molecule is COc1nc(-c2c(C)c(Cl)cc3[nH]ncc23)c(F)c2nc(OC[C@@]34CCCN3C[C@H](F)C4)nc(N3CCOC[C@@](C)(O)C3)c12. The summed E-state index contributed by atoms with van der Waals surface area (Å²) in [6, 6.07) is 1.67. The van der Waals surface area contributed by atoms with Crippen LogP contribution in [0.2, 0.25) is 5.02 Å². The summed E-state index contributed by atoms with van der Waals surface area (Å²) < 4.78 is 49.0. The number of H-pyrrole nitrogens is 1. The molecule has 0 unspecified atom stereocenters. The molecule has 0 amide bonds. The number of β-amino-alcohol motifs (C(OH)–C–C–N with tert-alkyl or cyclic N) is 1. The molecule has 0 spiro atoms. The summed E-state index contributed by atoms with van der Waals surface area (Å²) >= 11 is 6.55. The van der Waals surface area contributed by atoms with E-state index in [0.29, 0.717) is 53.2 Å². The minimum Gasteiger partial charge on any atom is -0.480 e. The minimum absolute atomic E-state index is 0.0147. The second-order valence-corrected chi connectivity index (χ2v) is 12.8. The number of rotatable bonds is 6. The molecule has 2 N–H and O–H groups in total. The van der Waals surface area contributed by atoms with Gasteiger partial charge in [0.05, 0.1) is 44.1 Å². The summed E-state index contributed by atoms with van der Waals surface area (Å²) in [5.41, 5.74) is -0.0549. The van der Waals surface area contributed by atoms with Gasteiger partial charge in [-0.2, -0.15) is 15.1 Å². The third kappa shape index (κ3) is 4.90. The van der Waals surface area contributed by atoms with E-state index >= 15 is 4.39 Å². The van der Waals surface area contributed by atoms with Crippen LogP contribution in [0, 0.1) is 12.7 Å². The molecule has 6 heterocycles. The van der Waals surface area contributed by atoms with Crippen molar-refractivity contribution < 1.29 is 28.1 Å². The topological polar surface area (TPSA) is 122 Å². The molecule has 7 rings (SSSR count). The van der Waals surface area contributed by atoms with E-state index in [0.717, 1.165) is 19.4 Å². The van der Waals surface area contributed by atoms with E-state index in [9.17, 15) is 9.50 Å². The molecule has 3 saturated heterocycles. The van der Waals surface area contributed by atoms with Gasteiger partial charge in [-0.15, -0.1) is 0 Å². The Hall–Kier alpha value is -3.39. The number of hydrogen-bond donors (Lipinski definition) is 2. The lowest BCUT2D eigenvalue weighted by Gasteiger charge is -2.31. The van der Waals surface area contributed by atoms with Crippen LogP contribution in [0.1, 0.15) is 31.7 Å². The fraction of sp³-hybridized carbons (Fsp3) is 0.533. The van der Waals surface area contributed by atoms with Crippen molar-refractivity contribution in [3.63, 3.8) is 0 Å². The van der Waals surface area contributed by atoms with Crippen molar-refractivity contribution in [2.24, 2.45) is 0 Å². The van der Waals surface area contributed by atoms with Crippen molar-refractivity contribution in [3.8, 4) is 23.1 Å². The zero-order valence-corrected chi connectivity index (χ0v) is 25.5. The number of fused-ring (bicyclic) bond motifs is 3. The Kier molecular flexibility index (Phi) is 7.26. The first-order valence-corrected chi connectivity index (χ1v) is 15.1. The summed E-state index contributed by atoms with van der Waals surface area (Å²) in [4.78, 5) is 17.9. The van der Waals surface area contributed by atoms with Gasteiger partial charge in [0, 0.05) is 35.5 Å². The molecule has 3 aliphatic heterocycles. The number of alkyl halides is 1. The number of benzene rings is 1. The maximum Gasteiger partial charge on any atom is 0.319 e. The molecule has 0 radical (unpaired) electrons. The second-order valence-electron chi connectivity index (χ2n) is 12.4. The summed E-state index contributed by atoms with van der Waals surface area (Å²) in [6.07, 6.45) is 2.78. The molecule has 11 nitrogen and oxygen atoms in total. The van der Waals surface area contributed by atoms with Crippen LogP contribution in [0.25, 0.3) is 33.1 Å². The van der Waals surface area contributed by atoms with Crippen LogP contribution < -0.4 is 14.4 Å². The molecule has 234 valence electrons. The highest BCUT2D eigenvalue weighted by Crippen LogP contribution is 2.43. The van der Waals surface area contributed by atoms with Crippen LogP contribution >= 0.6 is 11.6 Å². The highest BCUT2D eigenvalue weighted by atomic mass is 35.5. The number of methoxy groups -OCH3 is 1. The minimum atomic E-state index is -1.21. The Bertz CT molecular complexity index is 1750. The first-order chi connectivity index (χ1) is 21.1. The molecule has 0 bridgehead atoms. The van der Waals surface area contributed by atoms with E-state index in [2.05, 4.69) is 25.1 Å². The van der Waals surface area contributed by atoms with Crippen LogP contribution in [0.15, 0.2) is 12.3 Å². The first kappa shape index (κ1) is 29.3. The number of hydrogen-bond acceptors (Lipinski definition) is 10. The molecule has 3 fully saturated rings. The number of nitrogens with zero attached hydrogens (tertiary/aromatic N) is 6. The Morgan fingerprint density at radius 1 is 1.27 bits per heavy atom. The molecular formula is C30H34ClF2N7O4. The highest BCUT2D eigenvalue weighted by molar-refractivity contribution is 6.33. The molecule has 0 aliphatic carbocycles. The lowest BCUT2D eigenvalue weighted by Crippen LogP contribution is -2.44. The Morgan fingerprint density at radius 3 is 2.93 bits per heavy atom. The van der Waals surface area contributed by atoms with Crippen molar-refractivity contribution in [1.29, 1.82) is 0 Å². The molecular weight excluding hydrogens is 596 g/mol. The maximum atomic E-state index is 16.9. The highest BCUT2D eigenvalue weighted by Gasteiger charge is 2.49. The Balaban J connectivity index is 1.42. The van der Waals surface area contributed by atoms with Crippen molar-refractivity contribution >= 4 is 39.2 Å². The van der Waals surface area contributed by atoms with Crippen molar-refractivity contribution in [2.75, 3.05) is 58.0 Å². The van der Waals surface area contributed by atoms with Crippen LogP contribution in [0.5, 0.6) is 11.9 Å². The smallest absolute Gasteiger partial charge is 0.319 e. The molecule has 4 aromatic rings. The number of aromatic nitrogens is 5. The fourth-order valence-corrected chi connectivity index (χ4v) is 7.21. The Morgan fingerprint density at radius 2 is 2.11 bits per heavy atom. The van der Waals surface area contributed by atoms with Crippen LogP contribution in [-0.4, -0.2) is 106 Å². The average Bonchev–Trinajstić information content (AvgIpc) is 3.65. The predicted octanol–water partition coefficient (Wildman–Crippen LogP) is 4.22. The number of aromatic amines is 1. The van der Waals surface area contributed by atoms with Gasteiger partial charge in [0.25, 0.3) is 0 Å². The molecule has 0 saturated carbocycles. The summed E-state index contributed by atoms with van der Waals surface area (Å²) in [5, 5.41) is 19.3. The standard InChI is InChI=1S/C30H34ClF2N7O4/c1-16-19(31)9-20-18(11-34-38-20)21(16)24-23(33)25-22(27(35-24)42-3)26(39-7-8-43-14-29(2,41)13-39)37-28(36-25)44-15-30-5-4-6-40(30)12-17(32)10-30/h9,11,17,41H,4-8,10,12-15H2,1-3H3,(H,34,38)/t17-,29+,30+/m1/s1. The normalized spacial score (nSPS) is 26.0.